The van der Waals surface area contributed by atoms with Gasteiger partial charge in [0.15, 0.2) is 6.10 Å². The summed E-state index contributed by atoms with van der Waals surface area (Å²) in [5.74, 6) is 0.0298. The van der Waals surface area contributed by atoms with Gasteiger partial charge in [-0.05, 0) is 16.7 Å². The minimum atomic E-state index is -0.312. The molecule has 0 spiro atoms. The zero-order valence-corrected chi connectivity index (χ0v) is 11.6. The summed E-state index contributed by atoms with van der Waals surface area (Å²) in [5.41, 5.74) is 3.42. The van der Waals surface area contributed by atoms with E-state index in [1.165, 1.54) is 11.1 Å². The van der Waals surface area contributed by atoms with Gasteiger partial charge in [-0.3, -0.25) is 4.79 Å². The van der Waals surface area contributed by atoms with Crippen molar-refractivity contribution in [1.29, 1.82) is 0 Å². The van der Waals surface area contributed by atoms with Gasteiger partial charge in [-0.25, -0.2) is 0 Å². The number of hydrogen-bond donors (Lipinski definition) is 0. The lowest BCUT2D eigenvalue weighted by Crippen LogP contribution is -2.26. The number of likely N-dealkylation sites (N-methyl/N-ethyl adjacent to an activating group) is 1. The zero-order chi connectivity index (χ0) is 14.1. The molecule has 0 bridgehead atoms. The highest BCUT2D eigenvalue weighted by Crippen LogP contribution is 2.40. The van der Waals surface area contributed by atoms with Gasteiger partial charge in [0.05, 0.1) is 0 Å². The van der Waals surface area contributed by atoms with Crippen molar-refractivity contribution in [3.05, 3.63) is 60.2 Å². The van der Waals surface area contributed by atoms with Crippen molar-refractivity contribution in [1.82, 2.24) is 4.90 Å². The lowest BCUT2D eigenvalue weighted by atomic mass is 10.0. The summed E-state index contributed by atoms with van der Waals surface area (Å²) in [4.78, 5) is 13.4. The van der Waals surface area contributed by atoms with E-state index >= 15 is 0 Å². The molecular formula is C17H17NO2. The van der Waals surface area contributed by atoms with E-state index in [2.05, 4.69) is 24.3 Å². The summed E-state index contributed by atoms with van der Waals surface area (Å²) in [7, 11) is 3.50. The number of benzene rings is 2. The Hall–Kier alpha value is -2.13. The van der Waals surface area contributed by atoms with E-state index < -0.39 is 0 Å². The number of nitrogens with zero attached hydrogens (tertiary/aromatic N) is 1. The summed E-state index contributed by atoms with van der Waals surface area (Å²) < 4.78 is 5.48. The lowest BCUT2D eigenvalue weighted by Gasteiger charge is -2.07. The summed E-state index contributed by atoms with van der Waals surface area (Å²) >= 11 is 0. The average Bonchev–Trinajstić information content (AvgIpc) is 3.28. The van der Waals surface area contributed by atoms with Crippen LogP contribution in [0.1, 0.15) is 11.7 Å². The maximum absolute atomic E-state index is 11.8. The van der Waals surface area contributed by atoms with Gasteiger partial charge in [0.25, 0.3) is 5.91 Å². The molecule has 1 aliphatic heterocycles. The SMILES string of the molecule is CN(C)C(=O)[C@@H]1O[C@H]1c1ccc(-c2ccccc2)cc1. The van der Waals surface area contributed by atoms with Crippen molar-refractivity contribution in [3.8, 4) is 11.1 Å². The molecule has 0 aromatic heterocycles. The van der Waals surface area contributed by atoms with Crippen LogP contribution in [0.5, 0.6) is 0 Å². The molecule has 0 N–H and O–H groups in total. The Balaban J connectivity index is 1.74. The normalized spacial score (nSPS) is 20.5. The van der Waals surface area contributed by atoms with Crippen LogP contribution in [0.3, 0.4) is 0 Å². The molecule has 1 aliphatic rings. The molecule has 1 amide bonds. The van der Waals surface area contributed by atoms with Crippen molar-refractivity contribution in [3.63, 3.8) is 0 Å². The molecule has 102 valence electrons. The largest absolute Gasteiger partial charge is 0.354 e. The van der Waals surface area contributed by atoms with Crippen LogP contribution >= 0.6 is 0 Å². The minimum absolute atomic E-state index is 0.0298. The maximum Gasteiger partial charge on any atom is 0.254 e. The zero-order valence-electron chi connectivity index (χ0n) is 11.6. The summed E-state index contributed by atoms with van der Waals surface area (Å²) in [5, 5.41) is 0. The summed E-state index contributed by atoms with van der Waals surface area (Å²) in [6, 6.07) is 18.5. The molecule has 1 fully saturated rings. The molecule has 2 atom stereocenters. The highest BCUT2D eigenvalue weighted by molar-refractivity contribution is 5.83. The molecule has 2 aromatic carbocycles. The Morgan fingerprint density at radius 2 is 1.55 bits per heavy atom. The number of rotatable bonds is 3. The molecular weight excluding hydrogens is 250 g/mol. The highest BCUT2D eigenvalue weighted by atomic mass is 16.6. The molecule has 0 radical (unpaired) electrons. The predicted octanol–water partition coefficient (Wildman–Crippen LogP) is 2.88. The topological polar surface area (TPSA) is 32.8 Å². The number of ether oxygens (including phenoxy) is 1. The Morgan fingerprint density at radius 3 is 2.15 bits per heavy atom. The Bertz CT molecular complexity index is 605. The van der Waals surface area contributed by atoms with Gasteiger partial charge in [0, 0.05) is 14.1 Å². The van der Waals surface area contributed by atoms with Gasteiger partial charge >= 0.3 is 0 Å². The van der Waals surface area contributed by atoms with Crippen LogP contribution in [-0.4, -0.2) is 31.0 Å². The van der Waals surface area contributed by atoms with E-state index in [0.29, 0.717) is 0 Å². The van der Waals surface area contributed by atoms with E-state index in [4.69, 9.17) is 4.74 Å². The number of epoxide rings is 1. The molecule has 0 saturated carbocycles. The summed E-state index contributed by atoms with van der Waals surface area (Å²) in [6.07, 6.45) is -0.401. The highest BCUT2D eigenvalue weighted by Gasteiger charge is 2.46. The average molecular weight is 267 g/mol. The van der Waals surface area contributed by atoms with Crippen LogP contribution in [0.15, 0.2) is 54.6 Å². The van der Waals surface area contributed by atoms with Gasteiger partial charge in [0.1, 0.15) is 6.10 Å². The smallest absolute Gasteiger partial charge is 0.254 e. The fourth-order valence-corrected chi connectivity index (χ4v) is 2.30. The van der Waals surface area contributed by atoms with E-state index in [0.717, 1.165) is 5.56 Å². The fraction of sp³-hybridized carbons (Fsp3) is 0.235. The standard InChI is InChI=1S/C17H17NO2/c1-18(2)17(19)16-15(20-16)14-10-8-13(9-11-14)12-6-4-3-5-7-12/h3-11,15-16H,1-2H3/t15-,16+/m0/s1. The van der Waals surface area contributed by atoms with Crippen LogP contribution in [0, 0.1) is 0 Å². The molecule has 1 heterocycles. The summed E-state index contributed by atoms with van der Waals surface area (Å²) in [6.45, 7) is 0. The van der Waals surface area contributed by atoms with Crippen LogP contribution in [0.4, 0.5) is 0 Å². The Morgan fingerprint density at radius 1 is 0.950 bits per heavy atom. The second-order valence-electron chi connectivity index (χ2n) is 5.20. The number of carbonyl (C=O) groups is 1. The number of carbonyl (C=O) groups excluding carboxylic acids is 1. The first-order valence-corrected chi connectivity index (χ1v) is 6.69. The van der Waals surface area contributed by atoms with Gasteiger partial charge in [-0.15, -0.1) is 0 Å². The molecule has 3 rings (SSSR count). The third kappa shape index (κ3) is 2.45. The lowest BCUT2D eigenvalue weighted by molar-refractivity contribution is -0.129. The first-order valence-electron chi connectivity index (χ1n) is 6.69. The van der Waals surface area contributed by atoms with Crippen molar-refractivity contribution in [2.75, 3.05) is 14.1 Å². The first kappa shape index (κ1) is 12.9. The minimum Gasteiger partial charge on any atom is -0.354 e. The Labute approximate surface area is 118 Å². The van der Waals surface area contributed by atoms with Crippen molar-refractivity contribution < 1.29 is 9.53 Å². The Kier molecular flexibility index (Phi) is 3.28. The molecule has 0 unspecified atom stereocenters. The van der Waals surface area contributed by atoms with E-state index in [1.54, 1.807) is 19.0 Å². The number of hydrogen-bond acceptors (Lipinski definition) is 2. The molecule has 3 heteroatoms. The monoisotopic (exact) mass is 267 g/mol. The van der Waals surface area contributed by atoms with E-state index in [9.17, 15) is 4.79 Å². The quantitative estimate of drug-likeness (QED) is 0.801. The second kappa shape index (κ2) is 5.10. The van der Waals surface area contributed by atoms with Crippen LogP contribution in [0.2, 0.25) is 0 Å². The van der Waals surface area contributed by atoms with Crippen LogP contribution in [-0.2, 0) is 9.53 Å². The molecule has 3 nitrogen and oxygen atoms in total. The van der Waals surface area contributed by atoms with Crippen LogP contribution in [0.25, 0.3) is 11.1 Å². The predicted molar refractivity (Wildman–Crippen MR) is 78.2 cm³/mol. The molecule has 0 aliphatic carbocycles. The molecule has 1 saturated heterocycles. The van der Waals surface area contributed by atoms with Crippen LogP contribution < -0.4 is 0 Å². The van der Waals surface area contributed by atoms with Crippen molar-refractivity contribution >= 4 is 5.91 Å². The van der Waals surface area contributed by atoms with E-state index in [-0.39, 0.29) is 18.1 Å². The molecule has 20 heavy (non-hydrogen) atoms. The van der Waals surface area contributed by atoms with Crippen molar-refractivity contribution in [2.45, 2.75) is 12.2 Å². The van der Waals surface area contributed by atoms with E-state index in [1.807, 2.05) is 30.3 Å². The van der Waals surface area contributed by atoms with Crippen molar-refractivity contribution in [2.24, 2.45) is 0 Å². The number of amides is 1. The first-order chi connectivity index (χ1) is 9.66. The molecule has 2 aromatic rings. The van der Waals surface area contributed by atoms with Gasteiger partial charge in [-0.2, -0.15) is 0 Å². The third-order valence-electron chi connectivity index (χ3n) is 3.52. The third-order valence-corrected chi connectivity index (χ3v) is 3.52. The second-order valence-corrected chi connectivity index (χ2v) is 5.20. The van der Waals surface area contributed by atoms with Gasteiger partial charge < -0.3 is 9.64 Å². The van der Waals surface area contributed by atoms with Gasteiger partial charge in [0.2, 0.25) is 0 Å². The fourth-order valence-electron chi connectivity index (χ4n) is 2.30. The maximum atomic E-state index is 11.8. The van der Waals surface area contributed by atoms with Gasteiger partial charge in [-0.1, -0.05) is 54.6 Å².